The van der Waals surface area contributed by atoms with Gasteiger partial charge in [-0.15, -0.1) is 0 Å². The lowest BCUT2D eigenvalue weighted by atomic mass is 10.1. The molecule has 1 saturated heterocycles. The van der Waals surface area contributed by atoms with Gasteiger partial charge in [0.2, 0.25) is 5.91 Å². The Morgan fingerprint density at radius 2 is 2.38 bits per heavy atom. The van der Waals surface area contributed by atoms with Crippen molar-refractivity contribution in [2.24, 2.45) is 5.92 Å². The highest BCUT2D eigenvalue weighted by molar-refractivity contribution is 6.32. The van der Waals surface area contributed by atoms with Crippen LogP contribution in [-0.2, 0) is 4.79 Å². The molecule has 0 bridgehead atoms. The quantitative estimate of drug-likeness (QED) is 0.870. The minimum Gasteiger partial charge on any atom is -0.396 e. The minimum atomic E-state index is -0.0803. The van der Waals surface area contributed by atoms with Gasteiger partial charge in [0, 0.05) is 31.8 Å². The van der Waals surface area contributed by atoms with Crippen LogP contribution in [0.5, 0.6) is 0 Å². The number of aliphatic hydroxyl groups excluding tert-OH is 1. The van der Waals surface area contributed by atoms with Crippen LogP contribution in [0.4, 0.5) is 5.69 Å². The highest BCUT2D eigenvalue weighted by Crippen LogP contribution is 2.20. The fourth-order valence-corrected chi connectivity index (χ4v) is 2.65. The molecule has 1 amide bonds. The van der Waals surface area contributed by atoms with Crippen molar-refractivity contribution in [3.63, 3.8) is 0 Å². The van der Waals surface area contributed by atoms with Gasteiger partial charge in [-0.3, -0.25) is 4.79 Å². The van der Waals surface area contributed by atoms with Crippen LogP contribution in [0.2, 0.25) is 5.02 Å². The fourth-order valence-electron chi connectivity index (χ4n) is 2.43. The third-order valence-corrected chi connectivity index (χ3v) is 3.97. The van der Waals surface area contributed by atoms with Crippen molar-refractivity contribution in [3.8, 4) is 6.07 Å². The van der Waals surface area contributed by atoms with Gasteiger partial charge in [-0.25, -0.2) is 0 Å². The van der Waals surface area contributed by atoms with E-state index in [0.717, 1.165) is 19.5 Å². The Balaban J connectivity index is 1.80. The van der Waals surface area contributed by atoms with Crippen LogP contribution in [0.25, 0.3) is 0 Å². The number of hydrogen-bond donors (Lipinski definition) is 2. The molecule has 21 heavy (non-hydrogen) atoms. The van der Waals surface area contributed by atoms with Crippen LogP contribution >= 0.6 is 11.6 Å². The second-order valence-electron chi connectivity index (χ2n) is 5.24. The maximum Gasteiger partial charge on any atom is 0.225 e. The Bertz CT molecular complexity index is 556. The van der Waals surface area contributed by atoms with Gasteiger partial charge in [0.15, 0.2) is 0 Å². The Hall–Kier alpha value is -1.61. The molecule has 1 aliphatic rings. The van der Waals surface area contributed by atoms with Gasteiger partial charge in [0.1, 0.15) is 6.07 Å². The lowest BCUT2D eigenvalue weighted by molar-refractivity contribution is -0.116. The smallest absolute Gasteiger partial charge is 0.225 e. The van der Waals surface area contributed by atoms with Gasteiger partial charge in [-0.05, 0) is 37.1 Å². The second kappa shape index (κ2) is 7.41. The molecule has 6 heteroatoms. The average molecular weight is 308 g/mol. The van der Waals surface area contributed by atoms with Gasteiger partial charge in [0.05, 0.1) is 10.6 Å². The van der Waals surface area contributed by atoms with Crippen molar-refractivity contribution in [1.82, 2.24) is 4.90 Å². The number of likely N-dealkylation sites (tertiary alicyclic amines) is 1. The maximum absolute atomic E-state index is 11.9. The van der Waals surface area contributed by atoms with E-state index < -0.39 is 0 Å². The number of amides is 1. The molecule has 5 nitrogen and oxygen atoms in total. The van der Waals surface area contributed by atoms with Crippen molar-refractivity contribution < 1.29 is 9.90 Å². The van der Waals surface area contributed by atoms with E-state index in [0.29, 0.717) is 35.2 Å². The normalized spacial score (nSPS) is 18.4. The van der Waals surface area contributed by atoms with Crippen LogP contribution in [0.15, 0.2) is 18.2 Å². The first-order chi connectivity index (χ1) is 10.1. The van der Waals surface area contributed by atoms with Crippen LogP contribution < -0.4 is 5.32 Å². The van der Waals surface area contributed by atoms with Crippen LogP contribution in [-0.4, -0.2) is 42.2 Å². The molecule has 0 aromatic heterocycles. The van der Waals surface area contributed by atoms with Crippen molar-refractivity contribution in [3.05, 3.63) is 28.8 Å². The number of nitriles is 1. The van der Waals surface area contributed by atoms with Gasteiger partial charge in [-0.1, -0.05) is 11.6 Å². The van der Waals surface area contributed by atoms with E-state index in [1.54, 1.807) is 18.2 Å². The zero-order chi connectivity index (χ0) is 15.2. The monoisotopic (exact) mass is 307 g/mol. The van der Waals surface area contributed by atoms with E-state index in [2.05, 4.69) is 10.2 Å². The topological polar surface area (TPSA) is 76.4 Å². The molecule has 0 aliphatic carbocycles. The number of halogens is 1. The standard InChI is InChI=1S/C15H18ClN3O2/c16-14-7-13(2-1-12(14)8-17)18-15(21)4-6-19-5-3-11(9-19)10-20/h1-2,7,11,20H,3-6,9-10H2,(H,18,21). The Morgan fingerprint density at radius 3 is 3.00 bits per heavy atom. The molecule has 1 heterocycles. The van der Waals surface area contributed by atoms with Crippen LogP contribution in [0.3, 0.4) is 0 Å². The van der Waals surface area contributed by atoms with Gasteiger partial charge >= 0.3 is 0 Å². The van der Waals surface area contributed by atoms with E-state index in [1.165, 1.54) is 0 Å². The summed E-state index contributed by atoms with van der Waals surface area (Å²) in [5, 5.41) is 21.0. The van der Waals surface area contributed by atoms with Crippen molar-refractivity contribution in [2.75, 3.05) is 31.6 Å². The predicted molar refractivity (Wildman–Crippen MR) is 81.0 cm³/mol. The van der Waals surface area contributed by atoms with Crippen molar-refractivity contribution in [1.29, 1.82) is 5.26 Å². The van der Waals surface area contributed by atoms with E-state index in [4.69, 9.17) is 22.0 Å². The first-order valence-electron chi connectivity index (χ1n) is 6.95. The Kier molecular flexibility index (Phi) is 5.57. The molecule has 1 aromatic rings. The molecular formula is C15H18ClN3O2. The summed E-state index contributed by atoms with van der Waals surface area (Å²) < 4.78 is 0. The lowest BCUT2D eigenvalue weighted by Crippen LogP contribution is -2.26. The number of nitrogens with one attached hydrogen (secondary N) is 1. The van der Waals surface area contributed by atoms with E-state index in [9.17, 15) is 4.79 Å². The number of benzene rings is 1. The number of hydrogen-bond acceptors (Lipinski definition) is 4. The molecule has 0 radical (unpaired) electrons. The molecule has 0 saturated carbocycles. The summed E-state index contributed by atoms with van der Waals surface area (Å²) in [4.78, 5) is 14.1. The van der Waals surface area contributed by atoms with E-state index in [-0.39, 0.29) is 12.5 Å². The van der Waals surface area contributed by atoms with Crippen LogP contribution in [0, 0.1) is 17.2 Å². The number of rotatable bonds is 5. The molecule has 1 aromatic carbocycles. The minimum absolute atomic E-state index is 0.0803. The molecule has 1 atom stereocenters. The Morgan fingerprint density at radius 1 is 1.57 bits per heavy atom. The predicted octanol–water partition coefficient (Wildman–Crippen LogP) is 1.85. The Labute approximate surface area is 129 Å². The third kappa shape index (κ3) is 4.43. The van der Waals surface area contributed by atoms with Gasteiger partial charge < -0.3 is 15.3 Å². The largest absolute Gasteiger partial charge is 0.396 e. The van der Waals surface area contributed by atoms with Crippen molar-refractivity contribution in [2.45, 2.75) is 12.8 Å². The zero-order valence-electron chi connectivity index (χ0n) is 11.7. The number of carbonyl (C=O) groups excluding carboxylic acids is 1. The number of nitrogens with zero attached hydrogens (tertiary/aromatic N) is 2. The van der Waals surface area contributed by atoms with Gasteiger partial charge in [0.25, 0.3) is 0 Å². The number of aliphatic hydroxyl groups is 1. The highest BCUT2D eigenvalue weighted by atomic mass is 35.5. The maximum atomic E-state index is 11.9. The summed E-state index contributed by atoms with van der Waals surface area (Å²) in [6.45, 7) is 2.69. The highest BCUT2D eigenvalue weighted by Gasteiger charge is 2.21. The summed E-state index contributed by atoms with van der Waals surface area (Å²) in [7, 11) is 0. The first kappa shape index (κ1) is 15.8. The third-order valence-electron chi connectivity index (χ3n) is 3.66. The first-order valence-corrected chi connectivity index (χ1v) is 7.33. The number of carbonyl (C=O) groups is 1. The van der Waals surface area contributed by atoms with E-state index >= 15 is 0 Å². The summed E-state index contributed by atoms with van der Waals surface area (Å²) in [5.74, 6) is 0.258. The summed E-state index contributed by atoms with van der Waals surface area (Å²) >= 11 is 5.92. The molecule has 1 aliphatic heterocycles. The second-order valence-corrected chi connectivity index (χ2v) is 5.65. The number of anilines is 1. The summed E-state index contributed by atoms with van der Waals surface area (Å²) in [6.07, 6.45) is 1.39. The van der Waals surface area contributed by atoms with E-state index in [1.807, 2.05) is 6.07 Å². The average Bonchev–Trinajstić information content (AvgIpc) is 2.93. The van der Waals surface area contributed by atoms with Gasteiger partial charge in [-0.2, -0.15) is 5.26 Å². The van der Waals surface area contributed by atoms with Crippen molar-refractivity contribution >= 4 is 23.2 Å². The molecule has 1 fully saturated rings. The molecule has 0 spiro atoms. The SMILES string of the molecule is N#Cc1ccc(NC(=O)CCN2CCC(CO)C2)cc1Cl. The molecule has 2 rings (SSSR count). The summed E-state index contributed by atoms with van der Waals surface area (Å²) in [6, 6.07) is 6.81. The fraction of sp³-hybridized carbons (Fsp3) is 0.467. The molecule has 112 valence electrons. The molecule has 2 N–H and O–H groups in total. The molecule has 1 unspecified atom stereocenters. The summed E-state index contributed by atoms with van der Waals surface area (Å²) in [5.41, 5.74) is 0.987. The zero-order valence-corrected chi connectivity index (χ0v) is 12.4. The lowest BCUT2D eigenvalue weighted by Gasteiger charge is -2.15. The van der Waals surface area contributed by atoms with Crippen LogP contribution in [0.1, 0.15) is 18.4 Å². The molecular weight excluding hydrogens is 290 g/mol.